The number of hydrogen-bond donors (Lipinski definition) is 1. The van der Waals surface area contributed by atoms with Crippen LogP contribution in [-0.2, 0) is 11.2 Å². The van der Waals surface area contributed by atoms with E-state index < -0.39 is 0 Å². The first-order chi connectivity index (χ1) is 9.28. The smallest absolute Gasteiger partial charge is 0.225 e. The summed E-state index contributed by atoms with van der Waals surface area (Å²) in [5, 5.41) is 5.42. The van der Waals surface area contributed by atoms with Crippen molar-refractivity contribution in [2.45, 2.75) is 44.6 Å². The van der Waals surface area contributed by atoms with Crippen molar-refractivity contribution in [1.29, 1.82) is 0 Å². The molecule has 1 aromatic heterocycles. The Morgan fingerprint density at radius 2 is 1.84 bits per heavy atom. The average Bonchev–Trinajstić information content (AvgIpc) is 2.85. The summed E-state index contributed by atoms with van der Waals surface area (Å²) < 4.78 is 0. The Bertz CT molecular complexity index is 439. The standard InChI is InChI=1S/C16H21NOS/c18-15(9-14-2-1-3-19-14)17-16-12-5-10-4-11(7-12)8-13(16)6-10/h1-3,10-13,16H,4-9H2,(H,17,18). The minimum atomic E-state index is 0.236. The Morgan fingerprint density at radius 3 is 2.42 bits per heavy atom. The molecule has 0 aromatic carbocycles. The van der Waals surface area contributed by atoms with Crippen molar-refractivity contribution in [3.8, 4) is 0 Å². The fourth-order valence-corrected chi connectivity index (χ4v) is 5.67. The predicted molar refractivity (Wildman–Crippen MR) is 77.0 cm³/mol. The Kier molecular flexibility index (Phi) is 2.91. The highest BCUT2D eigenvalue weighted by molar-refractivity contribution is 7.10. The third kappa shape index (κ3) is 2.22. The van der Waals surface area contributed by atoms with E-state index in [1.807, 2.05) is 11.4 Å². The van der Waals surface area contributed by atoms with E-state index in [1.54, 1.807) is 11.3 Å². The zero-order chi connectivity index (χ0) is 12.8. The molecule has 1 N–H and O–H groups in total. The van der Waals surface area contributed by atoms with Crippen LogP contribution >= 0.6 is 11.3 Å². The summed E-state index contributed by atoms with van der Waals surface area (Å²) in [6, 6.07) is 4.57. The molecule has 5 rings (SSSR count). The molecule has 0 spiro atoms. The largest absolute Gasteiger partial charge is 0.353 e. The molecule has 4 saturated carbocycles. The van der Waals surface area contributed by atoms with Gasteiger partial charge in [0.1, 0.15) is 0 Å². The van der Waals surface area contributed by atoms with Gasteiger partial charge in [-0.25, -0.2) is 0 Å². The van der Waals surface area contributed by atoms with Gasteiger partial charge in [-0.15, -0.1) is 11.3 Å². The Morgan fingerprint density at radius 1 is 1.16 bits per heavy atom. The van der Waals surface area contributed by atoms with Crippen molar-refractivity contribution in [2.75, 3.05) is 0 Å². The molecule has 0 unspecified atom stereocenters. The van der Waals surface area contributed by atoms with Gasteiger partial charge in [-0.3, -0.25) is 4.79 Å². The summed E-state index contributed by atoms with van der Waals surface area (Å²) in [6.45, 7) is 0. The molecular weight excluding hydrogens is 254 g/mol. The average molecular weight is 275 g/mol. The summed E-state index contributed by atoms with van der Waals surface area (Å²) in [5.41, 5.74) is 0. The highest BCUT2D eigenvalue weighted by Crippen LogP contribution is 2.53. The van der Waals surface area contributed by atoms with E-state index >= 15 is 0 Å². The summed E-state index contributed by atoms with van der Waals surface area (Å²) >= 11 is 1.68. The molecule has 4 aliphatic carbocycles. The molecule has 4 aliphatic rings. The Labute approximate surface area is 118 Å². The van der Waals surface area contributed by atoms with E-state index in [4.69, 9.17) is 0 Å². The second-order valence-corrected chi connectivity index (χ2v) is 7.81. The summed E-state index contributed by atoms with van der Waals surface area (Å²) in [4.78, 5) is 13.4. The normalized spacial score (nSPS) is 39.5. The molecule has 0 saturated heterocycles. The topological polar surface area (TPSA) is 29.1 Å². The van der Waals surface area contributed by atoms with Crippen molar-refractivity contribution in [2.24, 2.45) is 23.7 Å². The lowest BCUT2D eigenvalue weighted by atomic mass is 9.54. The van der Waals surface area contributed by atoms with Crippen LogP contribution in [0.2, 0.25) is 0 Å². The van der Waals surface area contributed by atoms with Gasteiger partial charge in [-0.05, 0) is 67.2 Å². The third-order valence-corrected chi connectivity index (χ3v) is 6.35. The van der Waals surface area contributed by atoms with Crippen LogP contribution in [0, 0.1) is 23.7 Å². The molecule has 0 aliphatic heterocycles. The summed E-state index contributed by atoms with van der Waals surface area (Å²) in [6.07, 6.45) is 7.53. The molecule has 4 bridgehead atoms. The maximum atomic E-state index is 12.2. The van der Waals surface area contributed by atoms with Crippen molar-refractivity contribution in [3.63, 3.8) is 0 Å². The SMILES string of the molecule is O=C(Cc1cccs1)NC1C2CC3CC(C2)CC1C3. The molecule has 0 atom stereocenters. The van der Waals surface area contributed by atoms with Crippen molar-refractivity contribution in [3.05, 3.63) is 22.4 Å². The van der Waals surface area contributed by atoms with Crippen LogP contribution in [0.1, 0.15) is 37.0 Å². The number of nitrogens with one attached hydrogen (secondary N) is 1. The van der Waals surface area contributed by atoms with Crippen molar-refractivity contribution in [1.82, 2.24) is 5.32 Å². The van der Waals surface area contributed by atoms with E-state index in [2.05, 4.69) is 11.4 Å². The van der Waals surface area contributed by atoms with Gasteiger partial charge in [0.25, 0.3) is 0 Å². The fraction of sp³-hybridized carbons (Fsp3) is 0.688. The molecular formula is C16H21NOS. The van der Waals surface area contributed by atoms with Crippen LogP contribution in [0.25, 0.3) is 0 Å². The minimum Gasteiger partial charge on any atom is -0.353 e. The molecule has 0 radical (unpaired) electrons. The van der Waals surface area contributed by atoms with Gasteiger partial charge in [-0.1, -0.05) is 6.07 Å². The van der Waals surface area contributed by atoms with Gasteiger partial charge >= 0.3 is 0 Å². The molecule has 19 heavy (non-hydrogen) atoms. The molecule has 2 nitrogen and oxygen atoms in total. The molecule has 4 fully saturated rings. The Hall–Kier alpha value is -0.830. The van der Waals surface area contributed by atoms with Gasteiger partial charge in [0.15, 0.2) is 0 Å². The number of hydrogen-bond acceptors (Lipinski definition) is 2. The van der Waals surface area contributed by atoms with E-state index in [1.165, 1.54) is 37.0 Å². The molecule has 102 valence electrons. The number of carbonyl (C=O) groups is 1. The summed E-state index contributed by atoms with van der Waals surface area (Å²) in [7, 11) is 0. The second-order valence-electron chi connectivity index (χ2n) is 6.78. The van der Waals surface area contributed by atoms with E-state index in [0.29, 0.717) is 12.5 Å². The van der Waals surface area contributed by atoms with E-state index in [0.717, 1.165) is 23.7 Å². The molecule has 3 heteroatoms. The highest BCUT2D eigenvalue weighted by atomic mass is 32.1. The van der Waals surface area contributed by atoms with Crippen LogP contribution < -0.4 is 5.32 Å². The van der Waals surface area contributed by atoms with Crippen LogP contribution in [0.3, 0.4) is 0 Å². The lowest BCUT2D eigenvalue weighted by Crippen LogP contribution is -2.56. The zero-order valence-electron chi connectivity index (χ0n) is 11.2. The highest BCUT2D eigenvalue weighted by Gasteiger charge is 2.48. The van der Waals surface area contributed by atoms with Crippen LogP contribution in [0.5, 0.6) is 0 Å². The Balaban J connectivity index is 1.41. The molecule has 1 amide bonds. The van der Waals surface area contributed by atoms with Gasteiger partial charge in [0.05, 0.1) is 6.42 Å². The quantitative estimate of drug-likeness (QED) is 0.901. The van der Waals surface area contributed by atoms with Gasteiger partial charge < -0.3 is 5.32 Å². The molecule has 1 heterocycles. The predicted octanol–water partition coefficient (Wildman–Crippen LogP) is 3.23. The van der Waals surface area contributed by atoms with Gasteiger partial charge in [0.2, 0.25) is 5.91 Å². The fourth-order valence-electron chi connectivity index (χ4n) is 4.97. The first-order valence-corrected chi connectivity index (χ1v) is 8.47. The van der Waals surface area contributed by atoms with Crippen LogP contribution in [0.15, 0.2) is 17.5 Å². The van der Waals surface area contributed by atoms with Crippen molar-refractivity contribution >= 4 is 17.2 Å². The van der Waals surface area contributed by atoms with E-state index in [9.17, 15) is 4.79 Å². The maximum Gasteiger partial charge on any atom is 0.225 e. The molecule has 1 aromatic rings. The summed E-state index contributed by atoms with van der Waals surface area (Å²) in [5.74, 6) is 3.76. The van der Waals surface area contributed by atoms with Gasteiger partial charge in [0, 0.05) is 10.9 Å². The minimum absolute atomic E-state index is 0.236. The van der Waals surface area contributed by atoms with Crippen LogP contribution in [-0.4, -0.2) is 11.9 Å². The lowest BCUT2D eigenvalue weighted by Gasteiger charge is -2.54. The number of carbonyl (C=O) groups excluding carboxylic acids is 1. The third-order valence-electron chi connectivity index (χ3n) is 5.47. The number of amides is 1. The number of thiophene rings is 1. The second kappa shape index (κ2) is 4.62. The first kappa shape index (κ1) is 12.0. The lowest BCUT2D eigenvalue weighted by molar-refractivity contribution is -0.124. The van der Waals surface area contributed by atoms with Crippen LogP contribution in [0.4, 0.5) is 0 Å². The zero-order valence-corrected chi connectivity index (χ0v) is 12.0. The maximum absolute atomic E-state index is 12.2. The number of rotatable bonds is 3. The first-order valence-electron chi connectivity index (χ1n) is 7.59. The van der Waals surface area contributed by atoms with E-state index in [-0.39, 0.29) is 5.91 Å². The van der Waals surface area contributed by atoms with Gasteiger partial charge in [-0.2, -0.15) is 0 Å². The van der Waals surface area contributed by atoms with Crippen molar-refractivity contribution < 1.29 is 4.79 Å². The monoisotopic (exact) mass is 275 g/mol.